The summed E-state index contributed by atoms with van der Waals surface area (Å²) in [5.74, 6) is -0.0700. The number of rotatable bonds is 3. The van der Waals surface area contributed by atoms with E-state index in [0.717, 1.165) is 37.8 Å². The van der Waals surface area contributed by atoms with Crippen molar-refractivity contribution in [1.29, 1.82) is 0 Å². The largest absolute Gasteiger partial charge is 0.416 e. The smallest absolute Gasteiger partial charge is 0.408 e. The number of aromatic nitrogens is 2. The number of nitrogens with zero attached hydrogens (tertiary/aromatic N) is 2. The lowest BCUT2D eigenvalue weighted by molar-refractivity contribution is -0.137. The van der Waals surface area contributed by atoms with E-state index >= 15 is 0 Å². The molecule has 0 spiro atoms. The Hall–Kier alpha value is -2.38. The highest BCUT2D eigenvalue weighted by Gasteiger charge is 2.31. The number of alkyl halides is 3. The number of hydrogen-bond donors (Lipinski definition) is 1. The van der Waals surface area contributed by atoms with Gasteiger partial charge in [0.1, 0.15) is 0 Å². The third-order valence-electron chi connectivity index (χ3n) is 4.07. The quantitative estimate of drug-likeness (QED) is 0.900. The molecule has 0 unspecified atom stereocenters. The molecular formula is C16H16F3N3O2. The first-order chi connectivity index (χ1) is 11.4. The number of hydrogen-bond acceptors (Lipinski definition) is 4. The van der Waals surface area contributed by atoms with Gasteiger partial charge < -0.3 is 4.42 Å². The van der Waals surface area contributed by atoms with Gasteiger partial charge in [0.05, 0.1) is 5.56 Å². The summed E-state index contributed by atoms with van der Waals surface area (Å²) in [6, 6.07) is 4.07. The monoisotopic (exact) mass is 339 g/mol. The molecule has 1 N–H and O–H groups in total. The lowest BCUT2D eigenvalue weighted by Gasteiger charge is -2.17. The van der Waals surface area contributed by atoms with Crippen LogP contribution in [0, 0.1) is 0 Å². The third-order valence-corrected chi connectivity index (χ3v) is 4.07. The van der Waals surface area contributed by atoms with E-state index < -0.39 is 17.6 Å². The maximum atomic E-state index is 12.7. The number of benzene rings is 1. The highest BCUT2D eigenvalue weighted by Crippen LogP contribution is 2.32. The van der Waals surface area contributed by atoms with Crippen LogP contribution < -0.4 is 5.32 Å². The lowest BCUT2D eigenvalue weighted by Crippen LogP contribution is -2.14. The Bertz CT molecular complexity index is 721. The van der Waals surface area contributed by atoms with Crippen molar-refractivity contribution >= 4 is 11.9 Å². The van der Waals surface area contributed by atoms with Crippen LogP contribution in [0.4, 0.5) is 19.2 Å². The van der Waals surface area contributed by atoms with Gasteiger partial charge in [-0.25, -0.2) is 0 Å². The van der Waals surface area contributed by atoms with E-state index in [1.807, 2.05) is 0 Å². The molecule has 1 fully saturated rings. The van der Waals surface area contributed by atoms with Crippen molar-refractivity contribution in [3.05, 3.63) is 41.3 Å². The highest BCUT2D eigenvalue weighted by atomic mass is 19.4. The molecule has 128 valence electrons. The second-order valence-corrected chi connectivity index (χ2v) is 5.81. The van der Waals surface area contributed by atoms with E-state index in [9.17, 15) is 18.0 Å². The van der Waals surface area contributed by atoms with E-state index in [4.69, 9.17) is 4.42 Å². The first-order valence-electron chi connectivity index (χ1n) is 7.75. The lowest BCUT2D eigenvalue weighted by atomic mass is 9.89. The topological polar surface area (TPSA) is 68.0 Å². The zero-order valence-corrected chi connectivity index (χ0v) is 12.8. The zero-order chi connectivity index (χ0) is 17.2. The molecule has 24 heavy (non-hydrogen) atoms. The molecule has 0 bridgehead atoms. The summed E-state index contributed by atoms with van der Waals surface area (Å²) in [5.41, 5.74) is -1.01. The molecule has 3 rings (SSSR count). The van der Waals surface area contributed by atoms with Gasteiger partial charge in [-0.1, -0.05) is 30.4 Å². The molecular weight excluding hydrogens is 323 g/mol. The minimum Gasteiger partial charge on any atom is -0.408 e. The van der Waals surface area contributed by atoms with Crippen LogP contribution in [0.5, 0.6) is 0 Å². The van der Waals surface area contributed by atoms with Gasteiger partial charge in [-0.05, 0) is 31.0 Å². The number of nitrogens with one attached hydrogen (secondary N) is 1. The number of halogens is 3. The fourth-order valence-electron chi connectivity index (χ4n) is 2.81. The molecule has 1 aromatic heterocycles. The van der Waals surface area contributed by atoms with Crippen LogP contribution >= 0.6 is 0 Å². The Morgan fingerprint density at radius 3 is 2.62 bits per heavy atom. The zero-order valence-electron chi connectivity index (χ0n) is 12.8. The van der Waals surface area contributed by atoms with Gasteiger partial charge in [0.15, 0.2) is 0 Å². The van der Waals surface area contributed by atoms with Crippen molar-refractivity contribution < 1.29 is 22.4 Å². The molecule has 1 heterocycles. The maximum Gasteiger partial charge on any atom is 0.416 e. The Morgan fingerprint density at radius 1 is 1.17 bits per heavy atom. The summed E-state index contributed by atoms with van der Waals surface area (Å²) in [7, 11) is 0. The minimum absolute atomic E-state index is 0.0991. The molecule has 5 nitrogen and oxygen atoms in total. The van der Waals surface area contributed by atoms with E-state index in [1.54, 1.807) is 0 Å². The summed E-state index contributed by atoms with van der Waals surface area (Å²) in [6.07, 6.45) is 0.795. The van der Waals surface area contributed by atoms with Crippen LogP contribution in [0.15, 0.2) is 28.7 Å². The van der Waals surface area contributed by atoms with E-state index in [1.165, 1.54) is 18.6 Å². The van der Waals surface area contributed by atoms with Crippen LogP contribution in [0.25, 0.3) is 0 Å². The molecule has 1 aliphatic rings. The van der Waals surface area contributed by atoms with Crippen LogP contribution in [-0.4, -0.2) is 16.1 Å². The second-order valence-electron chi connectivity index (χ2n) is 5.81. The fourth-order valence-corrected chi connectivity index (χ4v) is 2.81. The third kappa shape index (κ3) is 3.74. The van der Waals surface area contributed by atoms with E-state index in [0.29, 0.717) is 5.89 Å². The van der Waals surface area contributed by atoms with Crippen molar-refractivity contribution in [3.63, 3.8) is 0 Å². The fraction of sp³-hybridized carbons (Fsp3) is 0.438. The van der Waals surface area contributed by atoms with Gasteiger partial charge in [-0.15, -0.1) is 5.10 Å². The van der Waals surface area contributed by atoms with Gasteiger partial charge in [-0.3, -0.25) is 10.1 Å². The van der Waals surface area contributed by atoms with Gasteiger partial charge in [0.25, 0.3) is 5.91 Å². The minimum atomic E-state index is -4.51. The number of anilines is 1. The van der Waals surface area contributed by atoms with Gasteiger partial charge >= 0.3 is 12.2 Å². The van der Waals surface area contributed by atoms with Crippen LogP contribution in [0.3, 0.4) is 0 Å². The first kappa shape index (κ1) is 16.5. The van der Waals surface area contributed by atoms with Crippen molar-refractivity contribution in [3.8, 4) is 0 Å². The highest BCUT2D eigenvalue weighted by molar-refractivity contribution is 6.03. The van der Waals surface area contributed by atoms with Crippen LogP contribution in [0.2, 0.25) is 0 Å². The standard InChI is InChI=1S/C16H16F3N3O2/c17-16(18,19)12-8-4-7-11(9-12)13(23)20-15-22-21-14(24-15)10-5-2-1-3-6-10/h4,7-10H,1-3,5-6H2,(H,20,22,23). The van der Waals surface area contributed by atoms with Crippen molar-refractivity contribution in [2.75, 3.05) is 5.32 Å². The SMILES string of the molecule is O=C(Nc1nnc(C2CCCCC2)o1)c1cccc(C(F)(F)F)c1. The molecule has 1 aliphatic carbocycles. The molecule has 0 radical (unpaired) electrons. The summed E-state index contributed by atoms with van der Waals surface area (Å²) in [5, 5.41) is 10.0. The molecule has 0 saturated heterocycles. The predicted octanol–water partition coefficient (Wildman–Crippen LogP) is 4.39. The number of carbonyl (C=O) groups excluding carboxylic acids is 1. The number of carbonyl (C=O) groups is 1. The van der Waals surface area contributed by atoms with E-state index in [2.05, 4.69) is 15.5 Å². The maximum absolute atomic E-state index is 12.7. The van der Waals surface area contributed by atoms with Crippen LogP contribution in [0.1, 0.15) is 59.8 Å². The molecule has 8 heteroatoms. The summed E-state index contributed by atoms with van der Waals surface area (Å²) < 4.78 is 43.5. The average Bonchev–Trinajstić information content (AvgIpc) is 3.03. The normalized spacial score (nSPS) is 16.1. The Labute approximate surface area is 136 Å². The van der Waals surface area contributed by atoms with Crippen molar-refractivity contribution in [2.45, 2.75) is 44.2 Å². The van der Waals surface area contributed by atoms with E-state index in [-0.39, 0.29) is 17.5 Å². The van der Waals surface area contributed by atoms with Crippen LogP contribution in [-0.2, 0) is 6.18 Å². The molecule has 2 aromatic rings. The first-order valence-corrected chi connectivity index (χ1v) is 7.75. The van der Waals surface area contributed by atoms with Gasteiger partial charge in [-0.2, -0.15) is 13.2 Å². The summed E-state index contributed by atoms with van der Waals surface area (Å²) in [6.45, 7) is 0. The molecule has 0 aliphatic heterocycles. The predicted molar refractivity (Wildman–Crippen MR) is 79.5 cm³/mol. The van der Waals surface area contributed by atoms with Gasteiger partial charge in [0.2, 0.25) is 5.89 Å². The Balaban J connectivity index is 1.70. The number of amides is 1. The molecule has 1 saturated carbocycles. The Kier molecular flexibility index (Phi) is 4.55. The summed E-state index contributed by atoms with van der Waals surface area (Å²) >= 11 is 0. The van der Waals surface area contributed by atoms with Gasteiger partial charge in [0, 0.05) is 11.5 Å². The molecule has 0 atom stereocenters. The van der Waals surface area contributed by atoms with Crippen molar-refractivity contribution in [1.82, 2.24) is 10.2 Å². The molecule has 1 amide bonds. The van der Waals surface area contributed by atoms with Crippen molar-refractivity contribution in [2.24, 2.45) is 0 Å². The summed E-state index contributed by atoms with van der Waals surface area (Å²) in [4.78, 5) is 12.1. The average molecular weight is 339 g/mol. The Morgan fingerprint density at radius 2 is 1.92 bits per heavy atom. The second kappa shape index (κ2) is 6.62. The molecule has 1 aromatic carbocycles.